The lowest BCUT2D eigenvalue weighted by molar-refractivity contribution is -0.142. The quantitative estimate of drug-likeness (QED) is 0.826. The van der Waals surface area contributed by atoms with Gasteiger partial charge in [-0.3, -0.25) is 4.79 Å². The van der Waals surface area contributed by atoms with E-state index in [-0.39, 0.29) is 18.1 Å². The van der Waals surface area contributed by atoms with Crippen LogP contribution in [0.25, 0.3) is 0 Å². The second-order valence-corrected chi connectivity index (χ2v) is 4.97. The Morgan fingerprint density at radius 2 is 2.09 bits per heavy atom. The van der Waals surface area contributed by atoms with Crippen molar-refractivity contribution in [2.24, 2.45) is 5.73 Å². The van der Waals surface area contributed by atoms with E-state index in [1.54, 1.807) is 12.1 Å². The Balaban J connectivity index is 1.93. The SMILES string of the molecule is COC(=O)C(N)Cc1ccc(COc2ccc(F)cc2Cl)o1. The van der Waals surface area contributed by atoms with Gasteiger partial charge in [0.25, 0.3) is 0 Å². The Kier molecular flexibility index (Phi) is 5.41. The third kappa shape index (κ3) is 4.22. The summed E-state index contributed by atoms with van der Waals surface area (Å²) < 4.78 is 28.4. The van der Waals surface area contributed by atoms with Crippen LogP contribution in [0, 0.1) is 5.82 Å². The Morgan fingerprint density at radius 3 is 2.77 bits per heavy atom. The smallest absolute Gasteiger partial charge is 0.323 e. The van der Waals surface area contributed by atoms with Crippen LogP contribution in [0.3, 0.4) is 0 Å². The summed E-state index contributed by atoms with van der Waals surface area (Å²) in [6.07, 6.45) is 0.226. The van der Waals surface area contributed by atoms with Gasteiger partial charge in [0.1, 0.15) is 35.7 Å². The number of ether oxygens (including phenoxy) is 2. The summed E-state index contributed by atoms with van der Waals surface area (Å²) in [5.41, 5.74) is 5.65. The number of methoxy groups -OCH3 is 1. The Morgan fingerprint density at radius 1 is 1.36 bits per heavy atom. The van der Waals surface area contributed by atoms with Crippen LogP contribution < -0.4 is 10.5 Å². The van der Waals surface area contributed by atoms with E-state index in [1.807, 2.05) is 0 Å². The van der Waals surface area contributed by atoms with Crippen LogP contribution in [0.5, 0.6) is 5.75 Å². The lowest BCUT2D eigenvalue weighted by Crippen LogP contribution is -2.33. The van der Waals surface area contributed by atoms with Gasteiger partial charge in [-0.05, 0) is 30.3 Å². The van der Waals surface area contributed by atoms with Crippen LogP contribution in [0.2, 0.25) is 5.02 Å². The molecule has 5 nitrogen and oxygen atoms in total. The predicted octanol–water partition coefficient (Wildman–Crippen LogP) is 2.69. The molecule has 0 radical (unpaired) electrons. The highest BCUT2D eigenvalue weighted by Crippen LogP contribution is 2.26. The topological polar surface area (TPSA) is 74.7 Å². The molecule has 118 valence electrons. The van der Waals surface area contributed by atoms with E-state index < -0.39 is 17.8 Å². The molecule has 1 atom stereocenters. The minimum Gasteiger partial charge on any atom is -0.484 e. The standard InChI is InChI=1S/C15H15ClFNO4/c1-20-15(19)13(18)7-10-3-4-11(22-10)8-21-14-5-2-9(17)6-12(14)16/h2-6,13H,7-8,18H2,1H3. The van der Waals surface area contributed by atoms with Gasteiger partial charge in [-0.1, -0.05) is 11.6 Å². The highest BCUT2D eigenvalue weighted by Gasteiger charge is 2.16. The Bertz CT molecular complexity index is 659. The van der Waals surface area contributed by atoms with Crippen molar-refractivity contribution in [1.82, 2.24) is 0 Å². The van der Waals surface area contributed by atoms with Crippen molar-refractivity contribution in [1.29, 1.82) is 0 Å². The zero-order valence-electron chi connectivity index (χ0n) is 11.8. The molecule has 0 fully saturated rings. The molecule has 1 aromatic heterocycles. The molecule has 0 amide bonds. The summed E-state index contributed by atoms with van der Waals surface area (Å²) in [6, 6.07) is 6.49. The number of benzene rings is 1. The zero-order chi connectivity index (χ0) is 16.1. The van der Waals surface area contributed by atoms with Crippen molar-refractivity contribution >= 4 is 17.6 Å². The van der Waals surface area contributed by atoms with E-state index >= 15 is 0 Å². The van der Waals surface area contributed by atoms with E-state index in [0.717, 1.165) is 0 Å². The molecule has 7 heteroatoms. The molecule has 2 N–H and O–H groups in total. The molecule has 0 aliphatic rings. The first-order valence-electron chi connectivity index (χ1n) is 6.48. The van der Waals surface area contributed by atoms with Crippen LogP contribution in [0.1, 0.15) is 11.5 Å². The highest BCUT2D eigenvalue weighted by molar-refractivity contribution is 6.32. The Hall–Kier alpha value is -2.05. The van der Waals surface area contributed by atoms with Crippen LogP contribution in [-0.2, 0) is 22.6 Å². The maximum absolute atomic E-state index is 12.9. The van der Waals surface area contributed by atoms with E-state index in [1.165, 1.54) is 25.3 Å². The Labute approximate surface area is 131 Å². The molecule has 0 aliphatic carbocycles. The van der Waals surface area contributed by atoms with Crippen molar-refractivity contribution in [3.63, 3.8) is 0 Å². The second-order valence-electron chi connectivity index (χ2n) is 4.57. The average molecular weight is 328 g/mol. The maximum Gasteiger partial charge on any atom is 0.323 e. The lowest BCUT2D eigenvalue weighted by atomic mass is 10.2. The van der Waals surface area contributed by atoms with Gasteiger partial charge < -0.3 is 19.6 Å². The molecule has 0 aliphatic heterocycles. The van der Waals surface area contributed by atoms with Crippen molar-refractivity contribution in [2.45, 2.75) is 19.1 Å². The van der Waals surface area contributed by atoms with Crippen LogP contribution in [-0.4, -0.2) is 19.1 Å². The average Bonchev–Trinajstić information content (AvgIpc) is 2.93. The molecular weight excluding hydrogens is 313 g/mol. The lowest BCUT2D eigenvalue weighted by Gasteiger charge is -2.07. The predicted molar refractivity (Wildman–Crippen MR) is 78.1 cm³/mol. The van der Waals surface area contributed by atoms with Crippen LogP contribution >= 0.6 is 11.6 Å². The van der Waals surface area contributed by atoms with Crippen molar-refractivity contribution < 1.29 is 23.1 Å². The molecule has 0 bridgehead atoms. The molecule has 0 saturated carbocycles. The second kappa shape index (κ2) is 7.29. The normalized spacial score (nSPS) is 12.0. The van der Waals surface area contributed by atoms with E-state index in [0.29, 0.717) is 17.3 Å². The number of halogens is 2. The monoisotopic (exact) mass is 327 g/mol. The number of furan rings is 1. The number of hydrogen-bond acceptors (Lipinski definition) is 5. The van der Waals surface area contributed by atoms with Gasteiger partial charge in [-0.15, -0.1) is 0 Å². The van der Waals surface area contributed by atoms with E-state index in [2.05, 4.69) is 4.74 Å². The highest BCUT2D eigenvalue weighted by atomic mass is 35.5. The van der Waals surface area contributed by atoms with Gasteiger partial charge in [-0.25, -0.2) is 4.39 Å². The first-order chi connectivity index (χ1) is 10.5. The van der Waals surface area contributed by atoms with Gasteiger partial charge in [-0.2, -0.15) is 0 Å². The maximum atomic E-state index is 12.9. The fourth-order valence-corrected chi connectivity index (χ4v) is 2.02. The molecule has 2 rings (SSSR count). The molecule has 0 spiro atoms. The molecular formula is C15H15ClFNO4. The van der Waals surface area contributed by atoms with Crippen molar-refractivity contribution in [3.05, 3.63) is 52.7 Å². The number of hydrogen-bond donors (Lipinski definition) is 1. The summed E-state index contributed by atoms with van der Waals surface area (Å²) in [5.74, 6) is 0.489. The summed E-state index contributed by atoms with van der Waals surface area (Å²) in [5, 5.41) is 0.180. The first kappa shape index (κ1) is 16.3. The summed E-state index contributed by atoms with van der Waals surface area (Å²) >= 11 is 5.86. The van der Waals surface area contributed by atoms with Gasteiger partial charge in [0.05, 0.1) is 12.1 Å². The van der Waals surface area contributed by atoms with Gasteiger partial charge >= 0.3 is 5.97 Å². The fourth-order valence-electron chi connectivity index (χ4n) is 1.80. The minimum absolute atomic E-state index is 0.124. The number of nitrogens with two attached hydrogens (primary N) is 1. The van der Waals surface area contributed by atoms with Crippen molar-refractivity contribution in [2.75, 3.05) is 7.11 Å². The summed E-state index contributed by atoms with van der Waals surface area (Å²) in [7, 11) is 1.27. The number of carbonyl (C=O) groups excluding carboxylic acids is 1. The summed E-state index contributed by atoms with van der Waals surface area (Å²) in [6.45, 7) is 0.124. The molecule has 1 aromatic carbocycles. The van der Waals surface area contributed by atoms with Gasteiger partial charge in [0.2, 0.25) is 0 Å². The molecule has 22 heavy (non-hydrogen) atoms. The molecule has 0 saturated heterocycles. The van der Waals surface area contributed by atoms with Crippen molar-refractivity contribution in [3.8, 4) is 5.75 Å². The van der Waals surface area contributed by atoms with Crippen LogP contribution in [0.15, 0.2) is 34.7 Å². The van der Waals surface area contributed by atoms with E-state index in [9.17, 15) is 9.18 Å². The summed E-state index contributed by atoms with van der Waals surface area (Å²) in [4.78, 5) is 11.2. The molecule has 1 heterocycles. The minimum atomic E-state index is -0.781. The van der Waals surface area contributed by atoms with Gasteiger partial charge in [0.15, 0.2) is 0 Å². The molecule has 2 aromatic rings. The third-order valence-corrected chi connectivity index (χ3v) is 3.20. The number of rotatable bonds is 6. The number of esters is 1. The zero-order valence-corrected chi connectivity index (χ0v) is 12.6. The fraction of sp³-hybridized carbons (Fsp3) is 0.267. The number of carbonyl (C=O) groups is 1. The third-order valence-electron chi connectivity index (χ3n) is 2.91. The van der Waals surface area contributed by atoms with Crippen LogP contribution in [0.4, 0.5) is 4.39 Å². The first-order valence-corrected chi connectivity index (χ1v) is 6.86. The largest absolute Gasteiger partial charge is 0.484 e. The molecule has 1 unspecified atom stereocenters. The van der Waals surface area contributed by atoms with E-state index in [4.69, 9.17) is 26.5 Å². The van der Waals surface area contributed by atoms with Gasteiger partial charge in [0, 0.05) is 6.42 Å².